The predicted octanol–water partition coefficient (Wildman–Crippen LogP) is 2.67. The molecule has 1 aliphatic rings. The lowest BCUT2D eigenvalue weighted by Crippen LogP contribution is -2.15. The molecule has 0 fully saturated rings. The van der Waals surface area contributed by atoms with Crippen molar-refractivity contribution in [3.05, 3.63) is 58.7 Å². The van der Waals surface area contributed by atoms with Crippen LogP contribution >= 0.6 is 0 Å². The van der Waals surface area contributed by atoms with E-state index in [0.29, 0.717) is 5.56 Å². The van der Waals surface area contributed by atoms with E-state index in [-0.39, 0.29) is 5.91 Å². The molecule has 0 spiro atoms. The summed E-state index contributed by atoms with van der Waals surface area (Å²) in [6.07, 6.45) is 0.811. The lowest BCUT2D eigenvalue weighted by molar-refractivity contribution is 0.0999. The molecule has 0 atom stereocenters. The van der Waals surface area contributed by atoms with Crippen molar-refractivity contribution in [2.75, 3.05) is 0 Å². The van der Waals surface area contributed by atoms with E-state index in [9.17, 15) is 4.79 Å². The average Bonchev–Trinajstić information content (AvgIpc) is 2.66. The van der Waals surface area contributed by atoms with Crippen LogP contribution in [0, 0.1) is 6.92 Å². The van der Waals surface area contributed by atoms with Gasteiger partial charge >= 0.3 is 0 Å². The Labute approximate surface area is 100 Å². The summed E-state index contributed by atoms with van der Waals surface area (Å²) >= 11 is 0. The van der Waals surface area contributed by atoms with Gasteiger partial charge in [-0.25, -0.2) is 0 Å². The molecule has 0 saturated carbocycles. The van der Waals surface area contributed by atoms with Crippen molar-refractivity contribution in [2.24, 2.45) is 5.73 Å². The largest absolute Gasteiger partial charge is 0.366 e. The van der Waals surface area contributed by atoms with Crippen LogP contribution in [-0.4, -0.2) is 5.91 Å². The third kappa shape index (κ3) is 1.37. The number of benzene rings is 2. The second-order valence-electron chi connectivity index (χ2n) is 4.48. The zero-order chi connectivity index (χ0) is 12.0. The third-order valence-electron chi connectivity index (χ3n) is 3.44. The monoisotopic (exact) mass is 223 g/mol. The summed E-state index contributed by atoms with van der Waals surface area (Å²) in [5.74, 6) is -0.327. The average molecular weight is 223 g/mol. The minimum atomic E-state index is -0.327. The summed E-state index contributed by atoms with van der Waals surface area (Å²) in [5, 5.41) is 0. The number of carbonyl (C=O) groups is 1. The molecular formula is C15H13NO. The number of primary amides is 1. The Morgan fingerprint density at radius 1 is 1.12 bits per heavy atom. The van der Waals surface area contributed by atoms with Crippen molar-refractivity contribution in [3.63, 3.8) is 0 Å². The van der Waals surface area contributed by atoms with Crippen LogP contribution in [0.4, 0.5) is 0 Å². The van der Waals surface area contributed by atoms with E-state index >= 15 is 0 Å². The summed E-state index contributed by atoms with van der Waals surface area (Å²) in [6, 6.07) is 12.3. The maximum Gasteiger partial charge on any atom is 0.249 e. The van der Waals surface area contributed by atoms with Crippen molar-refractivity contribution in [1.29, 1.82) is 0 Å². The van der Waals surface area contributed by atoms with Crippen LogP contribution < -0.4 is 5.73 Å². The number of carbonyl (C=O) groups excluding carboxylic acids is 1. The Kier molecular flexibility index (Phi) is 2.05. The highest BCUT2D eigenvalue weighted by Gasteiger charge is 2.23. The van der Waals surface area contributed by atoms with E-state index in [0.717, 1.165) is 23.1 Å². The first-order chi connectivity index (χ1) is 8.18. The van der Waals surface area contributed by atoms with Gasteiger partial charge < -0.3 is 5.73 Å². The number of nitrogens with two attached hydrogens (primary N) is 1. The van der Waals surface area contributed by atoms with Crippen LogP contribution in [0.1, 0.15) is 27.0 Å². The molecule has 1 aliphatic carbocycles. The van der Waals surface area contributed by atoms with Crippen LogP contribution in [0.5, 0.6) is 0 Å². The first kappa shape index (κ1) is 10.1. The zero-order valence-corrected chi connectivity index (χ0v) is 9.66. The quantitative estimate of drug-likeness (QED) is 0.677. The minimum absolute atomic E-state index is 0.327. The molecule has 1 amide bonds. The van der Waals surface area contributed by atoms with E-state index in [1.54, 1.807) is 0 Å². The molecule has 84 valence electrons. The molecule has 2 nitrogen and oxygen atoms in total. The van der Waals surface area contributed by atoms with Crippen LogP contribution in [0.15, 0.2) is 36.4 Å². The molecule has 17 heavy (non-hydrogen) atoms. The highest BCUT2D eigenvalue weighted by atomic mass is 16.1. The normalized spacial score (nSPS) is 12.1. The maximum atomic E-state index is 11.6. The lowest BCUT2D eigenvalue weighted by atomic mass is 9.96. The minimum Gasteiger partial charge on any atom is -0.366 e. The van der Waals surface area contributed by atoms with E-state index in [4.69, 9.17) is 5.73 Å². The summed E-state index contributed by atoms with van der Waals surface area (Å²) in [4.78, 5) is 11.6. The lowest BCUT2D eigenvalue weighted by Gasteiger charge is -2.08. The fourth-order valence-electron chi connectivity index (χ4n) is 2.67. The van der Waals surface area contributed by atoms with Gasteiger partial charge in [0.2, 0.25) is 5.91 Å². The second-order valence-corrected chi connectivity index (χ2v) is 4.48. The highest BCUT2D eigenvalue weighted by molar-refractivity contribution is 5.99. The Morgan fingerprint density at radius 2 is 1.88 bits per heavy atom. The molecule has 0 saturated heterocycles. The number of hydrogen-bond donors (Lipinski definition) is 1. The summed E-state index contributed by atoms with van der Waals surface area (Å²) < 4.78 is 0. The van der Waals surface area contributed by atoms with Crippen molar-refractivity contribution in [1.82, 2.24) is 0 Å². The maximum absolute atomic E-state index is 11.6. The van der Waals surface area contributed by atoms with Crippen LogP contribution in [0.2, 0.25) is 0 Å². The molecule has 0 bridgehead atoms. The Hall–Kier alpha value is -2.09. The van der Waals surface area contributed by atoms with Crippen LogP contribution in [0.25, 0.3) is 11.1 Å². The summed E-state index contributed by atoms with van der Waals surface area (Å²) in [7, 11) is 0. The van der Waals surface area contributed by atoms with Crippen molar-refractivity contribution >= 4 is 5.91 Å². The number of rotatable bonds is 1. The van der Waals surface area contributed by atoms with Gasteiger partial charge in [0.25, 0.3) is 0 Å². The predicted molar refractivity (Wildman–Crippen MR) is 67.9 cm³/mol. The fourth-order valence-corrected chi connectivity index (χ4v) is 2.67. The van der Waals surface area contributed by atoms with Gasteiger partial charge in [-0.2, -0.15) is 0 Å². The van der Waals surface area contributed by atoms with Crippen LogP contribution in [0.3, 0.4) is 0 Å². The van der Waals surface area contributed by atoms with Crippen LogP contribution in [-0.2, 0) is 6.42 Å². The Morgan fingerprint density at radius 3 is 2.65 bits per heavy atom. The Balaban J connectivity index is 2.31. The first-order valence-corrected chi connectivity index (χ1v) is 5.69. The third-order valence-corrected chi connectivity index (χ3v) is 3.44. The van der Waals surface area contributed by atoms with E-state index < -0.39 is 0 Å². The topological polar surface area (TPSA) is 43.1 Å². The first-order valence-electron chi connectivity index (χ1n) is 5.69. The van der Waals surface area contributed by atoms with Gasteiger partial charge in [-0.3, -0.25) is 4.79 Å². The second kappa shape index (κ2) is 3.45. The van der Waals surface area contributed by atoms with Gasteiger partial charge in [-0.1, -0.05) is 36.4 Å². The summed E-state index contributed by atoms with van der Waals surface area (Å²) in [5.41, 5.74) is 11.9. The standard InChI is InChI=1S/C15H13NO/c1-9-6-7-12-11-5-3-2-4-10(11)8-13(12)14(9)15(16)17/h2-7H,8H2,1H3,(H2,16,17). The van der Waals surface area contributed by atoms with Gasteiger partial charge in [-0.05, 0) is 41.2 Å². The van der Waals surface area contributed by atoms with E-state index in [1.807, 2.05) is 25.1 Å². The van der Waals surface area contributed by atoms with Crippen molar-refractivity contribution < 1.29 is 4.79 Å². The van der Waals surface area contributed by atoms with Gasteiger partial charge in [0.15, 0.2) is 0 Å². The zero-order valence-electron chi connectivity index (χ0n) is 9.66. The molecule has 0 aromatic heterocycles. The van der Waals surface area contributed by atoms with Crippen molar-refractivity contribution in [2.45, 2.75) is 13.3 Å². The number of aryl methyl sites for hydroxylation is 1. The number of fused-ring (bicyclic) bond motifs is 3. The number of hydrogen-bond acceptors (Lipinski definition) is 1. The van der Waals surface area contributed by atoms with Gasteiger partial charge in [-0.15, -0.1) is 0 Å². The van der Waals surface area contributed by atoms with Gasteiger partial charge in [0.05, 0.1) is 0 Å². The molecule has 2 aromatic rings. The molecule has 0 radical (unpaired) electrons. The smallest absolute Gasteiger partial charge is 0.249 e. The van der Waals surface area contributed by atoms with E-state index in [1.165, 1.54) is 11.1 Å². The van der Waals surface area contributed by atoms with Crippen molar-refractivity contribution in [3.8, 4) is 11.1 Å². The highest BCUT2D eigenvalue weighted by Crippen LogP contribution is 2.38. The fraction of sp³-hybridized carbons (Fsp3) is 0.133. The molecule has 2 aromatic carbocycles. The van der Waals surface area contributed by atoms with E-state index in [2.05, 4.69) is 18.2 Å². The molecular weight excluding hydrogens is 210 g/mol. The molecule has 2 N–H and O–H groups in total. The van der Waals surface area contributed by atoms with Gasteiger partial charge in [0.1, 0.15) is 0 Å². The molecule has 0 aliphatic heterocycles. The molecule has 0 unspecified atom stereocenters. The number of amides is 1. The summed E-state index contributed by atoms with van der Waals surface area (Å²) in [6.45, 7) is 1.93. The molecule has 0 heterocycles. The molecule has 3 rings (SSSR count). The Bertz CT molecular complexity index is 629. The SMILES string of the molecule is Cc1ccc2c(c1C(N)=O)Cc1ccccc1-2. The molecule has 2 heteroatoms. The van der Waals surface area contributed by atoms with Gasteiger partial charge in [0, 0.05) is 5.56 Å².